The smallest absolute Gasteiger partial charge is 0.335 e. The maximum Gasteiger partial charge on any atom is 0.335 e. The molecule has 3 rings (SSSR count). The van der Waals surface area contributed by atoms with E-state index in [9.17, 15) is 14.9 Å². The van der Waals surface area contributed by atoms with E-state index in [4.69, 9.17) is 9.84 Å². The number of carboxylic acid groups (broad SMARTS) is 1. The Morgan fingerprint density at radius 1 is 1.19 bits per heavy atom. The molecular formula is C19H13N3O4. The minimum absolute atomic E-state index is 0.0180. The zero-order valence-electron chi connectivity index (χ0n) is 13.5. The predicted octanol–water partition coefficient (Wildman–Crippen LogP) is 2.59. The molecular weight excluding hydrogens is 334 g/mol. The first-order chi connectivity index (χ1) is 12.6. The first kappa shape index (κ1) is 16.9. The van der Waals surface area contributed by atoms with Gasteiger partial charge in [0.25, 0.3) is 11.6 Å². The first-order valence-electron chi connectivity index (χ1n) is 7.63. The Bertz CT molecular complexity index is 1050. The van der Waals surface area contributed by atoms with Gasteiger partial charge < -0.3 is 9.84 Å². The van der Waals surface area contributed by atoms with Gasteiger partial charge in [-0.25, -0.2) is 4.79 Å². The molecule has 0 fully saturated rings. The summed E-state index contributed by atoms with van der Waals surface area (Å²) >= 11 is 0. The predicted molar refractivity (Wildman–Crippen MR) is 92.7 cm³/mol. The highest BCUT2D eigenvalue weighted by Crippen LogP contribution is 2.20. The van der Waals surface area contributed by atoms with Gasteiger partial charge in [0.2, 0.25) is 0 Å². The molecule has 0 bridgehead atoms. The molecule has 0 aliphatic carbocycles. The van der Waals surface area contributed by atoms with E-state index in [0.717, 1.165) is 0 Å². The third-order valence-corrected chi connectivity index (χ3v) is 3.61. The number of carbonyl (C=O) groups is 1. The molecule has 0 aliphatic heterocycles. The largest absolute Gasteiger partial charge is 0.478 e. The number of nitrogens with one attached hydrogen (secondary N) is 1. The van der Waals surface area contributed by atoms with E-state index < -0.39 is 11.5 Å². The lowest BCUT2D eigenvalue weighted by Crippen LogP contribution is -2.15. The second-order valence-electron chi connectivity index (χ2n) is 5.37. The topological polar surface area (TPSA) is 116 Å². The second-order valence-corrected chi connectivity index (χ2v) is 5.37. The molecule has 3 aromatic rings. The van der Waals surface area contributed by atoms with E-state index in [1.165, 1.54) is 12.1 Å². The van der Waals surface area contributed by atoms with Crippen LogP contribution < -0.4 is 10.3 Å². The van der Waals surface area contributed by atoms with Gasteiger partial charge in [0.1, 0.15) is 18.2 Å². The number of hydrogen-bond acceptors (Lipinski definition) is 5. The van der Waals surface area contributed by atoms with Crippen LogP contribution in [0.2, 0.25) is 0 Å². The summed E-state index contributed by atoms with van der Waals surface area (Å²) in [6.45, 7) is 0.0180. The van der Waals surface area contributed by atoms with Crippen LogP contribution in [0, 0.1) is 11.3 Å². The Balaban J connectivity index is 1.91. The molecule has 2 N–H and O–H groups in total. The summed E-state index contributed by atoms with van der Waals surface area (Å²) in [4.78, 5) is 29.8. The molecule has 0 radical (unpaired) electrons. The number of nitrogens with zero attached hydrogens (tertiary/aromatic N) is 2. The van der Waals surface area contributed by atoms with Crippen LogP contribution in [0.5, 0.6) is 6.01 Å². The van der Waals surface area contributed by atoms with E-state index in [2.05, 4.69) is 9.97 Å². The molecule has 0 amide bonds. The van der Waals surface area contributed by atoms with Crippen LogP contribution in [0.4, 0.5) is 0 Å². The molecule has 0 atom stereocenters. The van der Waals surface area contributed by atoms with Crippen LogP contribution in [0.15, 0.2) is 59.4 Å². The quantitative estimate of drug-likeness (QED) is 0.733. The number of hydrogen-bond donors (Lipinski definition) is 2. The van der Waals surface area contributed by atoms with Gasteiger partial charge in [-0.3, -0.25) is 9.78 Å². The minimum atomic E-state index is -1.04. The van der Waals surface area contributed by atoms with Crippen LogP contribution in [0.3, 0.4) is 0 Å². The molecule has 0 spiro atoms. The maximum absolute atomic E-state index is 12.1. The average molecular weight is 347 g/mol. The molecule has 26 heavy (non-hydrogen) atoms. The lowest BCUT2D eigenvalue weighted by Gasteiger charge is -2.08. The Kier molecular flexibility index (Phi) is 4.76. The van der Waals surface area contributed by atoms with Crippen molar-refractivity contribution in [1.29, 1.82) is 5.26 Å². The molecule has 0 saturated carbocycles. The van der Waals surface area contributed by atoms with E-state index in [0.29, 0.717) is 11.1 Å². The van der Waals surface area contributed by atoms with Crippen molar-refractivity contribution in [2.24, 2.45) is 0 Å². The average Bonchev–Trinajstić information content (AvgIpc) is 2.67. The minimum Gasteiger partial charge on any atom is -0.478 e. The molecule has 0 saturated heterocycles. The van der Waals surface area contributed by atoms with Crippen molar-refractivity contribution in [2.75, 3.05) is 0 Å². The Morgan fingerprint density at radius 2 is 1.96 bits per heavy atom. The van der Waals surface area contributed by atoms with Crippen molar-refractivity contribution in [3.8, 4) is 23.3 Å². The summed E-state index contributed by atoms with van der Waals surface area (Å²) < 4.78 is 5.50. The van der Waals surface area contributed by atoms with Crippen LogP contribution >= 0.6 is 0 Å². The summed E-state index contributed by atoms with van der Waals surface area (Å²) in [5.74, 6) is -1.04. The third-order valence-electron chi connectivity index (χ3n) is 3.61. The van der Waals surface area contributed by atoms with E-state index in [-0.39, 0.29) is 29.4 Å². The number of ether oxygens (including phenoxy) is 1. The third kappa shape index (κ3) is 3.60. The van der Waals surface area contributed by atoms with Gasteiger partial charge in [0, 0.05) is 5.56 Å². The fourth-order valence-corrected chi connectivity index (χ4v) is 2.38. The molecule has 0 unspecified atom stereocenters. The van der Waals surface area contributed by atoms with Crippen molar-refractivity contribution in [3.05, 3.63) is 81.6 Å². The lowest BCUT2D eigenvalue weighted by atomic mass is 10.1. The summed E-state index contributed by atoms with van der Waals surface area (Å²) in [5.41, 5.74) is 0.890. The van der Waals surface area contributed by atoms with Crippen LogP contribution in [-0.2, 0) is 6.61 Å². The normalized spacial score (nSPS) is 10.1. The zero-order valence-corrected chi connectivity index (χ0v) is 13.5. The van der Waals surface area contributed by atoms with Gasteiger partial charge in [-0.05, 0) is 17.7 Å². The lowest BCUT2D eigenvalue weighted by molar-refractivity contribution is 0.0696. The van der Waals surface area contributed by atoms with Gasteiger partial charge in [-0.15, -0.1) is 0 Å². The molecule has 2 aromatic carbocycles. The van der Waals surface area contributed by atoms with Crippen molar-refractivity contribution in [1.82, 2.24) is 9.97 Å². The highest BCUT2D eigenvalue weighted by atomic mass is 16.5. The summed E-state index contributed by atoms with van der Waals surface area (Å²) in [5, 5.41) is 18.3. The maximum atomic E-state index is 12.1. The number of carboxylic acids is 1. The van der Waals surface area contributed by atoms with E-state index in [1.807, 2.05) is 12.1 Å². The molecule has 0 aliphatic rings. The number of aromatic nitrogens is 2. The molecule has 1 heterocycles. The SMILES string of the molecule is N#Cc1c(-c2ccccc2)nc(OCc2cccc(C(=O)O)c2)[nH]c1=O. The second kappa shape index (κ2) is 7.32. The van der Waals surface area contributed by atoms with Gasteiger partial charge >= 0.3 is 5.97 Å². The summed E-state index contributed by atoms with van der Waals surface area (Å²) in [6, 6.07) is 16.9. The summed E-state index contributed by atoms with van der Waals surface area (Å²) in [6.07, 6.45) is 0. The Morgan fingerprint density at radius 3 is 2.65 bits per heavy atom. The number of aromatic carboxylic acids is 1. The van der Waals surface area contributed by atoms with E-state index in [1.54, 1.807) is 36.4 Å². The fourth-order valence-electron chi connectivity index (χ4n) is 2.38. The van der Waals surface area contributed by atoms with Crippen molar-refractivity contribution >= 4 is 5.97 Å². The molecule has 1 aromatic heterocycles. The monoisotopic (exact) mass is 347 g/mol. The van der Waals surface area contributed by atoms with Crippen LogP contribution in [-0.4, -0.2) is 21.0 Å². The van der Waals surface area contributed by atoms with Gasteiger partial charge in [-0.1, -0.05) is 42.5 Å². The Labute approximate surface area is 148 Å². The highest BCUT2D eigenvalue weighted by Gasteiger charge is 2.14. The molecule has 7 nitrogen and oxygen atoms in total. The zero-order chi connectivity index (χ0) is 18.5. The van der Waals surface area contributed by atoms with Crippen molar-refractivity contribution in [2.45, 2.75) is 6.61 Å². The first-order valence-corrected chi connectivity index (χ1v) is 7.63. The number of rotatable bonds is 5. The summed E-state index contributed by atoms with van der Waals surface area (Å²) in [7, 11) is 0. The van der Waals surface area contributed by atoms with Crippen LogP contribution in [0.25, 0.3) is 11.3 Å². The van der Waals surface area contributed by atoms with Gasteiger partial charge in [0.05, 0.1) is 11.3 Å². The van der Waals surface area contributed by atoms with Crippen molar-refractivity contribution in [3.63, 3.8) is 0 Å². The molecule has 128 valence electrons. The number of benzene rings is 2. The van der Waals surface area contributed by atoms with Crippen LogP contribution in [0.1, 0.15) is 21.5 Å². The Hall–Kier alpha value is -3.92. The number of H-pyrrole nitrogens is 1. The number of nitriles is 1. The highest BCUT2D eigenvalue weighted by molar-refractivity contribution is 5.87. The number of aromatic amines is 1. The molecule has 7 heteroatoms. The van der Waals surface area contributed by atoms with Gasteiger partial charge in [-0.2, -0.15) is 10.2 Å². The standard InChI is InChI=1S/C19H13N3O4/c20-10-15-16(13-6-2-1-3-7-13)21-19(22-17(15)23)26-11-12-5-4-8-14(9-12)18(24)25/h1-9H,11H2,(H,24,25)(H,21,22,23). The fraction of sp³-hybridized carbons (Fsp3) is 0.0526. The van der Waals surface area contributed by atoms with Crippen molar-refractivity contribution < 1.29 is 14.6 Å². The van der Waals surface area contributed by atoms with E-state index >= 15 is 0 Å². The van der Waals surface area contributed by atoms with Gasteiger partial charge in [0.15, 0.2) is 0 Å².